The van der Waals surface area contributed by atoms with E-state index in [1.807, 2.05) is 55.5 Å². The summed E-state index contributed by atoms with van der Waals surface area (Å²) in [6.07, 6.45) is -0.103. The van der Waals surface area contributed by atoms with E-state index < -0.39 is 6.04 Å². The van der Waals surface area contributed by atoms with Crippen LogP contribution in [0.1, 0.15) is 23.2 Å². The predicted molar refractivity (Wildman–Crippen MR) is 145 cm³/mol. The molecular weight excluding hydrogens is 506 g/mol. The summed E-state index contributed by atoms with van der Waals surface area (Å²) < 4.78 is 5.15. The molecule has 2 aliphatic rings. The smallest absolute Gasteiger partial charge is 0.259 e. The topological polar surface area (TPSA) is 141 Å². The molecule has 3 heterocycles. The number of amidine groups is 2. The molecular formula is C26H25N7O4S. The van der Waals surface area contributed by atoms with Gasteiger partial charge in [-0.1, -0.05) is 36.0 Å². The molecule has 1 atom stereocenters. The fourth-order valence-corrected chi connectivity index (χ4v) is 4.82. The third-order valence-corrected chi connectivity index (χ3v) is 6.82. The van der Waals surface area contributed by atoms with Gasteiger partial charge >= 0.3 is 0 Å². The molecule has 2 aromatic carbocycles. The zero-order valence-electron chi connectivity index (χ0n) is 20.7. The van der Waals surface area contributed by atoms with Crippen LogP contribution in [-0.2, 0) is 20.9 Å². The van der Waals surface area contributed by atoms with Crippen LogP contribution in [0.3, 0.4) is 0 Å². The van der Waals surface area contributed by atoms with E-state index in [0.717, 1.165) is 28.8 Å². The number of methoxy groups -OCH3 is 1. The minimum Gasteiger partial charge on any atom is -0.497 e. The highest BCUT2D eigenvalue weighted by atomic mass is 32.2. The second-order valence-electron chi connectivity index (χ2n) is 8.66. The molecule has 0 saturated heterocycles. The van der Waals surface area contributed by atoms with E-state index in [2.05, 4.69) is 30.8 Å². The lowest BCUT2D eigenvalue weighted by molar-refractivity contribution is -0.128. The molecule has 12 heteroatoms. The quantitative estimate of drug-likeness (QED) is 0.408. The standard InChI is InChI=1S/C26H25N7O4S/c1-15-11-21(32-31-15)30-23(35)14-38-26-29-19-6-4-3-5-18(19)24-28-20(25(36)33(24)26)12-22(34)27-13-16-7-9-17(37-2)10-8-16/h3-11,20H,12-14H2,1-2H3,(H,27,34)(H2,30,31,32,35)/t20-/m0/s1. The van der Waals surface area contributed by atoms with Gasteiger partial charge < -0.3 is 15.4 Å². The summed E-state index contributed by atoms with van der Waals surface area (Å²) in [4.78, 5) is 49.2. The molecule has 38 heavy (non-hydrogen) atoms. The van der Waals surface area contributed by atoms with Crippen LogP contribution in [0.2, 0.25) is 0 Å². The van der Waals surface area contributed by atoms with Crippen molar-refractivity contribution in [3.8, 4) is 5.75 Å². The Balaban J connectivity index is 1.26. The number of hydrogen-bond acceptors (Lipinski definition) is 8. The van der Waals surface area contributed by atoms with Crippen LogP contribution in [0.15, 0.2) is 64.6 Å². The average molecular weight is 532 g/mol. The normalized spacial score (nSPS) is 15.8. The number of fused-ring (bicyclic) bond motifs is 3. The van der Waals surface area contributed by atoms with Crippen molar-refractivity contribution < 1.29 is 19.1 Å². The van der Waals surface area contributed by atoms with Gasteiger partial charge in [-0.05, 0) is 36.8 Å². The molecule has 0 unspecified atom stereocenters. The molecule has 3 N–H and O–H groups in total. The van der Waals surface area contributed by atoms with Gasteiger partial charge in [0.1, 0.15) is 17.6 Å². The summed E-state index contributed by atoms with van der Waals surface area (Å²) in [5.41, 5.74) is 3.07. The number of carbonyl (C=O) groups is 3. The maximum atomic E-state index is 13.4. The first-order valence-electron chi connectivity index (χ1n) is 11.9. The van der Waals surface area contributed by atoms with E-state index in [4.69, 9.17) is 4.74 Å². The Morgan fingerprint density at radius 1 is 1.13 bits per heavy atom. The molecule has 0 bridgehead atoms. The van der Waals surface area contributed by atoms with Crippen LogP contribution in [0.25, 0.3) is 0 Å². The van der Waals surface area contributed by atoms with Gasteiger partial charge in [-0.2, -0.15) is 5.10 Å². The summed E-state index contributed by atoms with van der Waals surface area (Å²) >= 11 is 1.12. The fraction of sp³-hybridized carbons (Fsp3) is 0.231. The highest BCUT2D eigenvalue weighted by Crippen LogP contribution is 2.34. The number of thioether (sulfide) groups is 1. The van der Waals surface area contributed by atoms with Crippen LogP contribution in [0.5, 0.6) is 5.75 Å². The lowest BCUT2D eigenvalue weighted by atomic mass is 10.1. The zero-order chi connectivity index (χ0) is 26.6. The molecule has 0 aliphatic carbocycles. The number of aryl methyl sites for hydroxylation is 1. The number of aromatic amines is 1. The van der Waals surface area contributed by atoms with E-state index in [-0.39, 0.29) is 29.9 Å². The SMILES string of the molecule is COc1ccc(CNC(=O)C[C@@H]2N=C3c4ccccc4N=C(SCC(=O)Nc4cc(C)[nH]n4)N3C2=O)cc1. The number of rotatable bonds is 8. The summed E-state index contributed by atoms with van der Waals surface area (Å²) in [5, 5.41) is 12.7. The van der Waals surface area contributed by atoms with Gasteiger partial charge in [0.25, 0.3) is 5.91 Å². The molecule has 2 aliphatic heterocycles. The Labute approximate surface area is 222 Å². The second-order valence-corrected chi connectivity index (χ2v) is 9.60. The van der Waals surface area contributed by atoms with Gasteiger partial charge in [0, 0.05) is 23.9 Å². The molecule has 0 fully saturated rings. The van der Waals surface area contributed by atoms with Gasteiger partial charge in [0.2, 0.25) is 11.8 Å². The minimum absolute atomic E-state index is 0.0109. The average Bonchev–Trinajstić information content (AvgIpc) is 3.48. The number of nitrogens with one attached hydrogen (secondary N) is 3. The molecule has 3 amide bonds. The Morgan fingerprint density at radius 3 is 2.66 bits per heavy atom. The first kappa shape index (κ1) is 25.2. The lowest BCUT2D eigenvalue weighted by Gasteiger charge is -2.25. The van der Waals surface area contributed by atoms with Crippen LogP contribution < -0.4 is 15.4 Å². The molecule has 5 rings (SSSR count). The second kappa shape index (κ2) is 10.9. The van der Waals surface area contributed by atoms with Crippen molar-refractivity contribution in [2.24, 2.45) is 9.98 Å². The number of anilines is 1. The zero-order valence-corrected chi connectivity index (χ0v) is 21.5. The van der Waals surface area contributed by atoms with Crippen molar-refractivity contribution >= 4 is 52.0 Å². The van der Waals surface area contributed by atoms with Gasteiger partial charge in [-0.15, -0.1) is 0 Å². The first-order valence-corrected chi connectivity index (χ1v) is 12.8. The molecule has 11 nitrogen and oxygen atoms in total. The van der Waals surface area contributed by atoms with Gasteiger partial charge in [0.05, 0.1) is 25.0 Å². The maximum absolute atomic E-state index is 13.4. The highest BCUT2D eigenvalue weighted by Gasteiger charge is 2.42. The van der Waals surface area contributed by atoms with Crippen molar-refractivity contribution in [1.82, 2.24) is 20.4 Å². The number of carbonyl (C=O) groups excluding carboxylic acids is 3. The molecule has 3 aromatic rings. The molecule has 0 spiro atoms. The van der Waals surface area contributed by atoms with Crippen molar-refractivity contribution in [2.45, 2.75) is 25.9 Å². The predicted octanol–water partition coefficient (Wildman–Crippen LogP) is 2.76. The molecule has 194 valence electrons. The first-order chi connectivity index (χ1) is 18.4. The maximum Gasteiger partial charge on any atom is 0.259 e. The van der Waals surface area contributed by atoms with Crippen molar-refractivity contribution in [2.75, 3.05) is 18.2 Å². The van der Waals surface area contributed by atoms with E-state index in [1.54, 1.807) is 13.2 Å². The number of aliphatic imine (C=N–C) groups is 2. The van der Waals surface area contributed by atoms with E-state index in [0.29, 0.717) is 34.6 Å². The summed E-state index contributed by atoms with van der Waals surface area (Å²) in [5.74, 6) is 0.650. The largest absolute Gasteiger partial charge is 0.497 e. The number of ether oxygens (including phenoxy) is 1. The highest BCUT2D eigenvalue weighted by molar-refractivity contribution is 8.14. The van der Waals surface area contributed by atoms with Gasteiger partial charge in [0.15, 0.2) is 11.0 Å². The Hall–Kier alpha value is -4.45. The summed E-state index contributed by atoms with van der Waals surface area (Å²) in [6, 6.07) is 15.5. The summed E-state index contributed by atoms with van der Waals surface area (Å²) in [6.45, 7) is 2.15. The number of amides is 3. The summed E-state index contributed by atoms with van der Waals surface area (Å²) in [7, 11) is 1.59. The number of aromatic nitrogens is 2. The fourth-order valence-electron chi connectivity index (χ4n) is 4.01. The Morgan fingerprint density at radius 2 is 1.92 bits per heavy atom. The van der Waals surface area contributed by atoms with E-state index in [1.165, 1.54) is 4.90 Å². The van der Waals surface area contributed by atoms with Gasteiger partial charge in [-0.25, -0.2) is 9.89 Å². The number of H-pyrrole nitrogens is 1. The number of hydrogen-bond donors (Lipinski definition) is 3. The van der Waals surface area contributed by atoms with Crippen LogP contribution in [0.4, 0.5) is 11.5 Å². The van der Waals surface area contributed by atoms with E-state index >= 15 is 0 Å². The number of benzene rings is 2. The minimum atomic E-state index is -0.890. The lowest BCUT2D eigenvalue weighted by Crippen LogP contribution is -2.42. The van der Waals surface area contributed by atoms with E-state index in [9.17, 15) is 14.4 Å². The number of nitrogens with zero attached hydrogens (tertiary/aromatic N) is 4. The Bertz CT molecular complexity index is 1450. The molecule has 0 saturated carbocycles. The van der Waals surface area contributed by atoms with Crippen molar-refractivity contribution in [3.05, 3.63) is 71.4 Å². The van der Waals surface area contributed by atoms with Crippen molar-refractivity contribution in [3.63, 3.8) is 0 Å². The van der Waals surface area contributed by atoms with Crippen molar-refractivity contribution in [1.29, 1.82) is 0 Å². The van der Waals surface area contributed by atoms with Crippen LogP contribution in [-0.4, -0.2) is 62.7 Å². The molecule has 0 radical (unpaired) electrons. The van der Waals surface area contributed by atoms with Gasteiger partial charge in [-0.3, -0.25) is 24.5 Å². The number of para-hydroxylation sites is 1. The Kier molecular flexibility index (Phi) is 7.22. The monoisotopic (exact) mass is 531 g/mol. The third-order valence-electron chi connectivity index (χ3n) is 5.88. The molecule has 1 aromatic heterocycles. The third kappa shape index (κ3) is 5.44. The van der Waals surface area contributed by atoms with Crippen LogP contribution >= 0.6 is 11.8 Å². The van der Waals surface area contributed by atoms with Crippen LogP contribution in [0, 0.1) is 6.92 Å².